The van der Waals surface area contributed by atoms with Crippen LogP contribution in [0, 0.1) is 6.92 Å². The van der Waals surface area contributed by atoms with Crippen LogP contribution < -0.4 is 11.3 Å². The maximum Gasteiger partial charge on any atom is 0.0623 e. The number of hydrogen-bond acceptors (Lipinski definition) is 3. The zero-order chi connectivity index (χ0) is 13.8. The van der Waals surface area contributed by atoms with Crippen molar-refractivity contribution < 1.29 is 4.74 Å². The second-order valence-electron chi connectivity index (χ2n) is 5.28. The summed E-state index contributed by atoms with van der Waals surface area (Å²) in [5.74, 6) is 5.64. The number of methoxy groups -OCH3 is 1. The number of rotatable bonds is 6. The third-order valence-corrected chi connectivity index (χ3v) is 3.47. The predicted octanol–water partition coefficient (Wildman–Crippen LogP) is 3.36. The Morgan fingerprint density at radius 1 is 1.39 bits per heavy atom. The van der Waals surface area contributed by atoms with Gasteiger partial charge in [0.05, 0.1) is 5.60 Å². The summed E-state index contributed by atoms with van der Waals surface area (Å²) in [6.07, 6.45) is 1.82. The van der Waals surface area contributed by atoms with Crippen molar-refractivity contribution in [2.75, 3.05) is 7.11 Å². The van der Waals surface area contributed by atoms with Gasteiger partial charge in [-0.05, 0) is 56.9 Å². The Kier molecular flexibility index (Phi) is 5.60. The molecule has 0 saturated heterocycles. The van der Waals surface area contributed by atoms with Crippen LogP contribution in [-0.4, -0.2) is 12.7 Å². The van der Waals surface area contributed by atoms with Crippen molar-refractivity contribution in [3.8, 4) is 0 Å². The fourth-order valence-corrected chi connectivity index (χ4v) is 2.20. The topological polar surface area (TPSA) is 47.3 Å². The van der Waals surface area contributed by atoms with Gasteiger partial charge in [0.25, 0.3) is 0 Å². The van der Waals surface area contributed by atoms with E-state index in [1.165, 1.54) is 0 Å². The van der Waals surface area contributed by atoms with Gasteiger partial charge in [0, 0.05) is 18.2 Å². The average molecular weight is 271 g/mol. The van der Waals surface area contributed by atoms with Crippen molar-refractivity contribution in [3.05, 3.63) is 34.3 Å². The van der Waals surface area contributed by atoms with Gasteiger partial charge in [-0.25, -0.2) is 0 Å². The molecule has 0 saturated carbocycles. The molecular weight excluding hydrogens is 248 g/mol. The highest BCUT2D eigenvalue weighted by Crippen LogP contribution is 2.26. The first-order chi connectivity index (χ1) is 8.38. The number of ether oxygens (including phenoxy) is 1. The first-order valence-electron chi connectivity index (χ1n) is 6.16. The molecule has 1 rings (SSSR count). The van der Waals surface area contributed by atoms with Gasteiger partial charge >= 0.3 is 0 Å². The largest absolute Gasteiger partial charge is 0.379 e. The second-order valence-corrected chi connectivity index (χ2v) is 5.72. The molecule has 0 heterocycles. The molecule has 0 aliphatic heterocycles. The van der Waals surface area contributed by atoms with Crippen molar-refractivity contribution in [3.63, 3.8) is 0 Å². The van der Waals surface area contributed by atoms with Gasteiger partial charge in [-0.3, -0.25) is 11.3 Å². The van der Waals surface area contributed by atoms with Gasteiger partial charge < -0.3 is 4.74 Å². The molecule has 0 fully saturated rings. The summed E-state index contributed by atoms with van der Waals surface area (Å²) in [5, 5.41) is 0.747. The van der Waals surface area contributed by atoms with Crippen LogP contribution in [-0.2, 0) is 4.74 Å². The molecule has 0 aliphatic carbocycles. The van der Waals surface area contributed by atoms with Crippen LogP contribution in [0.1, 0.15) is 43.9 Å². The van der Waals surface area contributed by atoms with Gasteiger partial charge in [-0.2, -0.15) is 0 Å². The lowest BCUT2D eigenvalue weighted by atomic mass is 9.94. The lowest BCUT2D eigenvalue weighted by Gasteiger charge is -2.26. The van der Waals surface area contributed by atoms with Crippen LogP contribution >= 0.6 is 11.6 Å². The van der Waals surface area contributed by atoms with Crippen LogP contribution in [0.4, 0.5) is 0 Å². The number of hydrazine groups is 1. The maximum absolute atomic E-state index is 6.08. The number of benzene rings is 1. The van der Waals surface area contributed by atoms with E-state index < -0.39 is 0 Å². The summed E-state index contributed by atoms with van der Waals surface area (Å²) < 4.78 is 5.42. The first kappa shape index (κ1) is 15.4. The molecular formula is C14H23ClN2O. The van der Waals surface area contributed by atoms with E-state index in [0.717, 1.165) is 29.0 Å². The van der Waals surface area contributed by atoms with E-state index in [1.807, 2.05) is 19.1 Å². The van der Waals surface area contributed by atoms with Crippen molar-refractivity contribution in [1.29, 1.82) is 0 Å². The van der Waals surface area contributed by atoms with Crippen molar-refractivity contribution in [2.24, 2.45) is 5.84 Å². The standard InChI is InChI=1S/C14H23ClN2O/c1-10-7-11(9-12(15)8-10)13(17-16)5-6-14(2,3)18-4/h7-9,13,17H,5-6,16H2,1-4H3. The van der Waals surface area contributed by atoms with E-state index in [0.29, 0.717) is 0 Å². The molecule has 0 aromatic heterocycles. The Bertz CT molecular complexity index is 373. The summed E-state index contributed by atoms with van der Waals surface area (Å²) in [6, 6.07) is 6.10. The minimum Gasteiger partial charge on any atom is -0.379 e. The molecule has 0 spiro atoms. The summed E-state index contributed by atoms with van der Waals surface area (Å²) in [4.78, 5) is 0. The summed E-state index contributed by atoms with van der Waals surface area (Å²) in [6.45, 7) is 6.18. The Morgan fingerprint density at radius 2 is 2.06 bits per heavy atom. The van der Waals surface area contributed by atoms with Gasteiger partial charge in [-0.1, -0.05) is 17.7 Å². The molecule has 102 valence electrons. The monoisotopic (exact) mass is 270 g/mol. The Hall–Kier alpha value is -0.610. The van der Waals surface area contributed by atoms with Crippen molar-refractivity contribution in [2.45, 2.75) is 45.3 Å². The van der Waals surface area contributed by atoms with Crippen molar-refractivity contribution in [1.82, 2.24) is 5.43 Å². The normalized spacial score (nSPS) is 13.7. The fraction of sp³-hybridized carbons (Fsp3) is 0.571. The molecule has 18 heavy (non-hydrogen) atoms. The highest BCUT2D eigenvalue weighted by molar-refractivity contribution is 6.30. The Morgan fingerprint density at radius 3 is 2.56 bits per heavy atom. The molecule has 0 aliphatic rings. The van der Waals surface area contributed by atoms with Gasteiger partial charge in [0.1, 0.15) is 0 Å². The van der Waals surface area contributed by atoms with E-state index in [-0.39, 0.29) is 11.6 Å². The number of hydrogen-bond donors (Lipinski definition) is 2. The third-order valence-electron chi connectivity index (χ3n) is 3.26. The molecule has 1 aromatic rings. The molecule has 0 bridgehead atoms. The minimum absolute atomic E-state index is 0.0943. The number of nitrogens with one attached hydrogen (secondary N) is 1. The van der Waals surface area contributed by atoms with Crippen LogP contribution in [0.15, 0.2) is 18.2 Å². The van der Waals surface area contributed by atoms with Crippen molar-refractivity contribution >= 4 is 11.6 Å². The predicted molar refractivity (Wildman–Crippen MR) is 76.6 cm³/mol. The van der Waals surface area contributed by atoms with Crippen LogP contribution in [0.5, 0.6) is 0 Å². The second kappa shape index (κ2) is 6.53. The smallest absolute Gasteiger partial charge is 0.0623 e. The van der Waals surface area contributed by atoms with Gasteiger partial charge in [0.15, 0.2) is 0 Å². The van der Waals surface area contributed by atoms with E-state index in [2.05, 4.69) is 25.3 Å². The molecule has 0 radical (unpaired) electrons. The molecule has 1 atom stereocenters. The zero-order valence-corrected chi connectivity index (χ0v) is 12.3. The Labute approximate surface area is 115 Å². The van der Waals surface area contributed by atoms with Gasteiger partial charge in [-0.15, -0.1) is 0 Å². The van der Waals surface area contributed by atoms with Crippen LogP contribution in [0.3, 0.4) is 0 Å². The molecule has 4 heteroatoms. The maximum atomic E-state index is 6.08. The number of nitrogens with two attached hydrogens (primary N) is 1. The highest BCUT2D eigenvalue weighted by atomic mass is 35.5. The summed E-state index contributed by atoms with van der Waals surface area (Å²) >= 11 is 6.08. The van der Waals surface area contributed by atoms with E-state index in [4.69, 9.17) is 22.2 Å². The fourth-order valence-electron chi connectivity index (χ4n) is 1.91. The van der Waals surface area contributed by atoms with E-state index in [1.54, 1.807) is 7.11 Å². The zero-order valence-electron chi connectivity index (χ0n) is 11.6. The lowest BCUT2D eigenvalue weighted by Crippen LogP contribution is -2.31. The quantitative estimate of drug-likeness (QED) is 0.616. The minimum atomic E-state index is -0.136. The summed E-state index contributed by atoms with van der Waals surface area (Å²) in [5.41, 5.74) is 4.98. The third kappa shape index (κ3) is 4.58. The van der Waals surface area contributed by atoms with Crippen LogP contribution in [0.2, 0.25) is 5.02 Å². The first-order valence-corrected chi connectivity index (χ1v) is 6.54. The Balaban J connectivity index is 2.77. The average Bonchev–Trinajstić information content (AvgIpc) is 2.28. The van der Waals surface area contributed by atoms with Gasteiger partial charge in [0.2, 0.25) is 0 Å². The molecule has 3 nitrogen and oxygen atoms in total. The molecule has 0 amide bonds. The van der Waals surface area contributed by atoms with E-state index >= 15 is 0 Å². The number of halogens is 1. The number of aryl methyl sites for hydroxylation is 1. The molecule has 1 aromatic carbocycles. The summed E-state index contributed by atoms with van der Waals surface area (Å²) in [7, 11) is 1.73. The highest BCUT2D eigenvalue weighted by Gasteiger charge is 2.20. The van der Waals surface area contributed by atoms with E-state index in [9.17, 15) is 0 Å². The SMILES string of the molecule is COC(C)(C)CCC(NN)c1cc(C)cc(Cl)c1. The molecule has 3 N–H and O–H groups in total. The molecule has 1 unspecified atom stereocenters. The lowest BCUT2D eigenvalue weighted by molar-refractivity contribution is 0.0117. The van der Waals surface area contributed by atoms with Crippen LogP contribution in [0.25, 0.3) is 0 Å².